The second-order valence-corrected chi connectivity index (χ2v) is 12.8. The standard InChI is InChI=1S/C29H43NO4S.Na/c1-17(2)22-14-25(20(7)8)27(26(15-22)21(9)10)16-35(33,34)30(29(31)32)28-23(18(3)4)12-11-13-24(28)19(5)6;/h11-15,17-21H,16H2,1-10H3,(H,31,32);/q;+1/p-1. The van der Waals surface area contributed by atoms with Gasteiger partial charge in [0.2, 0.25) is 10.0 Å². The molecule has 0 aliphatic carbocycles. The number of carboxylic acid groups (broad SMARTS) is 1. The minimum atomic E-state index is -4.31. The molecule has 36 heavy (non-hydrogen) atoms. The van der Waals surface area contributed by atoms with Crippen LogP contribution in [0.25, 0.3) is 0 Å². The van der Waals surface area contributed by atoms with E-state index in [0.717, 1.165) is 16.7 Å². The van der Waals surface area contributed by atoms with Crippen LogP contribution in [0.4, 0.5) is 10.5 Å². The van der Waals surface area contributed by atoms with Gasteiger partial charge in [-0.05, 0) is 63.0 Å². The number of carbonyl (C=O) groups is 1. The number of rotatable bonds is 9. The molecule has 0 aliphatic rings. The van der Waals surface area contributed by atoms with E-state index in [0.29, 0.717) is 26.9 Å². The predicted molar refractivity (Wildman–Crippen MR) is 144 cm³/mol. The summed E-state index contributed by atoms with van der Waals surface area (Å²) in [6, 6.07) is 9.61. The Labute approximate surface area is 241 Å². The van der Waals surface area contributed by atoms with Gasteiger partial charge in [-0.2, -0.15) is 0 Å². The topological polar surface area (TPSA) is 77.5 Å². The van der Waals surface area contributed by atoms with Crippen molar-refractivity contribution in [1.82, 2.24) is 0 Å². The van der Waals surface area contributed by atoms with E-state index >= 15 is 0 Å². The summed E-state index contributed by atoms with van der Waals surface area (Å²) < 4.78 is 28.5. The first kappa shape index (κ1) is 32.7. The largest absolute Gasteiger partial charge is 1.00 e. The second kappa shape index (κ2) is 12.9. The van der Waals surface area contributed by atoms with E-state index in [-0.39, 0.29) is 58.9 Å². The van der Waals surface area contributed by atoms with E-state index in [4.69, 9.17) is 0 Å². The van der Waals surface area contributed by atoms with Crippen LogP contribution in [0.15, 0.2) is 30.3 Å². The van der Waals surface area contributed by atoms with Gasteiger partial charge in [-0.25, -0.2) is 12.7 Å². The molecule has 0 N–H and O–H groups in total. The summed E-state index contributed by atoms with van der Waals surface area (Å²) in [7, 11) is -4.31. The normalized spacial score (nSPS) is 12.1. The summed E-state index contributed by atoms with van der Waals surface area (Å²) in [5.74, 6) is -0.0671. The number of carbonyl (C=O) groups excluding carboxylic acids is 1. The number of sulfonamides is 1. The third-order valence-corrected chi connectivity index (χ3v) is 8.11. The van der Waals surface area contributed by atoms with Gasteiger partial charge in [0.25, 0.3) is 0 Å². The van der Waals surface area contributed by atoms with Crippen molar-refractivity contribution in [1.29, 1.82) is 0 Å². The zero-order valence-electron chi connectivity index (χ0n) is 24.0. The molecule has 0 spiro atoms. The molecule has 2 rings (SSSR count). The molecule has 2 aromatic rings. The van der Waals surface area contributed by atoms with Crippen LogP contribution in [0, 0.1) is 0 Å². The molecule has 0 saturated heterocycles. The van der Waals surface area contributed by atoms with Gasteiger partial charge in [0.1, 0.15) is 0 Å². The zero-order chi connectivity index (χ0) is 26.8. The number of hydrogen-bond acceptors (Lipinski definition) is 4. The van der Waals surface area contributed by atoms with Crippen molar-refractivity contribution in [2.45, 2.75) is 105 Å². The maximum Gasteiger partial charge on any atom is 1.00 e. The van der Waals surface area contributed by atoms with E-state index in [1.807, 2.05) is 61.5 Å². The number of anilines is 1. The molecular weight excluding hydrogens is 481 g/mol. The Kier molecular flexibility index (Phi) is 11.8. The van der Waals surface area contributed by atoms with Gasteiger partial charge in [-0.1, -0.05) is 99.6 Å². The molecule has 0 unspecified atom stereocenters. The van der Waals surface area contributed by atoms with Crippen LogP contribution in [0.5, 0.6) is 0 Å². The van der Waals surface area contributed by atoms with E-state index < -0.39 is 21.9 Å². The van der Waals surface area contributed by atoms with E-state index in [1.54, 1.807) is 12.1 Å². The number of benzene rings is 2. The first-order valence-corrected chi connectivity index (χ1v) is 14.2. The van der Waals surface area contributed by atoms with Crippen molar-refractivity contribution in [2.24, 2.45) is 0 Å². The van der Waals surface area contributed by atoms with Crippen molar-refractivity contribution >= 4 is 21.8 Å². The van der Waals surface area contributed by atoms with Crippen molar-refractivity contribution in [3.8, 4) is 0 Å². The van der Waals surface area contributed by atoms with Crippen LogP contribution in [-0.2, 0) is 15.8 Å². The van der Waals surface area contributed by atoms with Crippen molar-refractivity contribution in [3.63, 3.8) is 0 Å². The van der Waals surface area contributed by atoms with E-state index in [1.165, 1.54) is 0 Å². The second-order valence-electron chi connectivity index (χ2n) is 11.0. The average molecular weight is 524 g/mol. The quantitative estimate of drug-likeness (QED) is 0.466. The first-order valence-electron chi connectivity index (χ1n) is 12.6. The molecule has 0 radical (unpaired) electrons. The third kappa shape index (κ3) is 7.15. The summed E-state index contributed by atoms with van der Waals surface area (Å²) in [5, 5.41) is 12.5. The number of nitrogens with zero attached hydrogens (tertiary/aromatic N) is 1. The Morgan fingerprint density at radius 3 is 1.44 bits per heavy atom. The molecule has 0 fully saturated rings. The summed E-state index contributed by atoms with van der Waals surface area (Å²) >= 11 is 0. The molecule has 0 atom stereocenters. The van der Waals surface area contributed by atoms with Crippen molar-refractivity contribution in [2.75, 3.05) is 4.31 Å². The molecule has 5 nitrogen and oxygen atoms in total. The summed E-state index contributed by atoms with van der Waals surface area (Å²) in [6.07, 6.45) is -1.73. The van der Waals surface area contributed by atoms with Crippen LogP contribution in [-0.4, -0.2) is 14.5 Å². The first-order chi connectivity index (χ1) is 16.1. The van der Waals surface area contributed by atoms with Crippen molar-refractivity contribution in [3.05, 3.63) is 63.7 Å². The fraction of sp³-hybridized carbons (Fsp3) is 0.552. The van der Waals surface area contributed by atoms with Gasteiger partial charge in [-0.3, -0.25) is 0 Å². The Morgan fingerprint density at radius 1 is 0.750 bits per heavy atom. The van der Waals surface area contributed by atoms with E-state index in [9.17, 15) is 18.3 Å². The maximum absolute atomic E-state index is 14.0. The average Bonchev–Trinajstić information content (AvgIpc) is 2.72. The van der Waals surface area contributed by atoms with Gasteiger partial charge in [-0.15, -0.1) is 0 Å². The van der Waals surface area contributed by atoms with Crippen LogP contribution < -0.4 is 39.0 Å². The van der Waals surface area contributed by atoms with Gasteiger partial charge < -0.3 is 9.90 Å². The Morgan fingerprint density at radius 2 is 1.14 bits per heavy atom. The molecule has 7 heteroatoms. The molecule has 0 saturated carbocycles. The van der Waals surface area contributed by atoms with Gasteiger partial charge in [0.05, 0.1) is 11.4 Å². The molecule has 0 aliphatic heterocycles. The number of para-hydroxylation sites is 1. The van der Waals surface area contributed by atoms with Gasteiger partial charge in [0, 0.05) is 0 Å². The van der Waals surface area contributed by atoms with Gasteiger partial charge in [0.15, 0.2) is 6.09 Å². The fourth-order valence-corrected chi connectivity index (χ4v) is 6.15. The predicted octanol–water partition coefficient (Wildman–Crippen LogP) is 3.99. The number of hydrogen-bond donors (Lipinski definition) is 0. The fourth-order valence-electron chi connectivity index (χ4n) is 4.61. The molecule has 194 valence electrons. The monoisotopic (exact) mass is 523 g/mol. The minimum Gasteiger partial charge on any atom is -0.529 e. The SMILES string of the molecule is CC(C)c1cc(C(C)C)c(CS(=O)(=O)N(C(=O)[O-])c2c(C(C)C)cccc2C(C)C)c(C(C)C)c1.[Na+]. The molecule has 2 aromatic carbocycles. The third-order valence-electron chi connectivity index (χ3n) is 6.57. The minimum absolute atomic E-state index is 0. The summed E-state index contributed by atoms with van der Waals surface area (Å²) in [5.41, 5.74) is 5.31. The molecular formula is C29H42NNaO4S. The van der Waals surface area contributed by atoms with E-state index in [2.05, 4.69) is 26.0 Å². The molecule has 0 aromatic heterocycles. The van der Waals surface area contributed by atoms with Gasteiger partial charge >= 0.3 is 29.6 Å². The summed E-state index contributed by atoms with van der Waals surface area (Å²) in [6.45, 7) is 20.1. The Bertz CT molecular complexity index is 1110. The molecule has 1 amide bonds. The molecule has 0 heterocycles. The van der Waals surface area contributed by atoms with Crippen LogP contribution in [0.2, 0.25) is 0 Å². The Hall–Kier alpha value is -1.34. The summed E-state index contributed by atoms with van der Waals surface area (Å²) in [4.78, 5) is 12.5. The van der Waals surface area contributed by atoms with Crippen LogP contribution in [0.1, 0.15) is 132 Å². The smallest absolute Gasteiger partial charge is 0.529 e. The zero-order valence-corrected chi connectivity index (χ0v) is 26.8. The van der Waals surface area contributed by atoms with Crippen LogP contribution in [0.3, 0.4) is 0 Å². The Balaban J connectivity index is 0.00000648. The maximum atomic E-state index is 14.0. The van der Waals surface area contributed by atoms with Crippen LogP contribution >= 0.6 is 0 Å². The molecule has 0 bridgehead atoms. The van der Waals surface area contributed by atoms with Crippen molar-refractivity contribution < 1.29 is 47.9 Å². The number of amides is 1.